The highest BCUT2D eigenvalue weighted by molar-refractivity contribution is 8.02. The van der Waals surface area contributed by atoms with E-state index in [9.17, 15) is 18.0 Å². The monoisotopic (exact) mass is 436 g/mol. The number of fused-ring (bicyclic) bond motifs is 1. The standard InChI is InChI=1S/C20H17ClO5S2/c21-19-13-8-10-28(24,25)17(13)7-6-14(19)20(23)18-15(22)4-1-5-16(18)27-11-12-3-2-9-26-12/h2-3,6-7,9H,1,4-5,8,10-11H2. The lowest BCUT2D eigenvalue weighted by Gasteiger charge is -2.19. The van der Waals surface area contributed by atoms with Crippen LogP contribution >= 0.6 is 23.4 Å². The predicted molar refractivity (Wildman–Crippen MR) is 107 cm³/mol. The Labute approximate surface area is 172 Å². The maximum atomic E-state index is 13.2. The molecule has 0 bridgehead atoms. The van der Waals surface area contributed by atoms with Crippen molar-refractivity contribution in [3.63, 3.8) is 0 Å². The predicted octanol–water partition coefficient (Wildman–Crippen LogP) is 4.39. The average Bonchev–Trinajstić information content (AvgIpc) is 3.28. The molecule has 2 aromatic rings. The van der Waals surface area contributed by atoms with Crippen molar-refractivity contribution in [2.24, 2.45) is 0 Å². The summed E-state index contributed by atoms with van der Waals surface area (Å²) in [4.78, 5) is 26.7. The third-order valence-electron chi connectivity index (χ3n) is 4.96. The number of rotatable bonds is 5. The zero-order chi connectivity index (χ0) is 19.9. The number of ketones is 2. The molecule has 1 aromatic carbocycles. The van der Waals surface area contributed by atoms with Crippen LogP contribution in [-0.2, 0) is 26.8 Å². The summed E-state index contributed by atoms with van der Waals surface area (Å²) in [5.41, 5.74) is 0.838. The molecule has 0 fully saturated rings. The van der Waals surface area contributed by atoms with Gasteiger partial charge in [-0.05, 0) is 49.1 Å². The van der Waals surface area contributed by atoms with Crippen molar-refractivity contribution >= 4 is 44.8 Å². The van der Waals surface area contributed by atoms with Gasteiger partial charge in [0.2, 0.25) is 0 Å². The first-order valence-electron chi connectivity index (χ1n) is 8.89. The van der Waals surface area contributed by atoms with E-state index in [4.69, 9.17) is 16.0 Å². The Hall–Kier alpha value is -1.83. The van der Waals surface area contributed by atoms with E-state index in [2.05, 4.69) is 0 Å². The third kappa shape index (κ3) is 3.47. The lowest BCUT2D eigenvalue weighted by molar-refractivity contribution is -0.115. The number of allylic oxidation sites excluding steroid dienone is 2. The first-order chi connectivity index (χ1) is 13.4. The van der Waals surface area contributed by atoms with Crippen molar-refractivity contribution in [2.75, 3.05) is 5.75 Å². The number of thioether (sulfide) groups is 1. The van der Waals surface area contributed by atoms with Gasteiger partial charge in [-0.1, -0.05) is 11.6 Å². The zero-order valence-corrected chi connectivity index (χ0v) is 17.3. The van der Waals surface area contributed by atoms with Crippen LogP contribution in [0.15, 0.2) is 50.3 Å². The van der Waals surface area contributed by atoms with Crippen LogP contribution < -0.4 is 0 Å². The molecule has 1 aromatic heterocycles. The molecule has 0 saturated carbocycles. The fourth-order valence-electron chi connectivity index (χ4n) is 3.55. The highest BCUT2D eigenvalue weighted by atomic mass is 35.5. The number of hydrogen-bond donors (Lipinski definition) is 0. The van der Waals surface area contributed by atoms with Crippen LogP contribution in [0.5, 0.6) is 0 Å². The number of hydrogen-bond acceptors (Lipinski definition) is 6. The van der Waals surface area contributed by atoms with Gasteiger partial charge in [-0.3, -0.25) is 9.59 Å². The smallest absolute Gasteiger partial charge is 0.198 e. The van der Waals surface area contributed by atoms with Crippen molar-refractivity contribution in [1.82, 2.24) is 0 Å². The molecule has 1 aliphatic carbocycles. The highest BCUT2D eigenvalue weighted by Gasteiger charge is 2.33. The third-order valence-corrected chi connectivity index (χ3v) is 8.37. The molecule has 4 rings (SSSR count). The molecule has 0 spiro atoms. The summed E-state index contributed by atoms with van der Waals surface area (Å²) < 4.78 is 29.5. The molecule has 0 atom stereocenters. The van der Waals surface area contributed by atoms with Gasteiger partial charge in [-0.25, -0.2) is 8.42 Å². The average molecular weight is 437 g/mol. The van der Waals surface area contributed by atoms with Crippen molar-refractivity contribution in [3.8, 4) is 0 Å². The highest BCUT2D eigenvalue weighted by Crippen LogP contribution is 2.38. The zero-order valence-electron chi connectivity index (χ0n) is 14.9. The van der Waals surface area contributed by atoms with Gasteiger partial charge in [0.05, 0.1) is 33.3 Å². The van der Waals surface area contributed by atoms with Gasteiger partial charge >= 0.3 is 0 Å². The van der Waals surface area contributed by atoms with E-state index in [1.54, 1.807) is 12.3 Å². The molecule has 5 nitrogen and oxygen atoms in total. The second-order valence-electron chi connectivity index (χ2n) is 6.74. The largest absolute Gasteiger partial charge is 0.468 e. The van der Waals surface area contributed by atoms with Crippen LogP contribution in [0.1, 0.15) is 40.9 Å². The quantitative estimate of drug-likeness (QED) is 0.510. The lowest BCUT2D eigenvalue weighted by Crippen LogP contribution is -2.19. The summed E-state index contributed by atoms with van der Waals surface area (Å²) in [6, 6.07) is 6.49. The second kappa shape index (κ2) is 7.54. The van der Waals surface area contributed by atoms with Gasteiger partial charge in [0.25, 0.3) is 0 Å². The summed E-state index contributed by atoms with van der Waals surface area (Å²) >= 11 is 7.83. The minimum absolute atomic E-state index is 0.00836. The second-order valence-corrected chi connectivity index (χ2v) is 10.3. The van der Waals surface area contributed by atoms with E-state index in [0.717, 1.165) is 10.7 Å². The number of benzene rings is 1. The molecule has 0 unspecified atom stereocenters. The van der Waals surface area contributed by atoms with E-state index in [-0.39, 0.29) is 39.0 Å². The Morgan fingerprint density at radius 2 is 2.00 bits per heavy atom. The summed E-state index contributed by atoms with van der Waals surface area (Å²) in [7, 11) is -3.34. The fraction of sp³-hybridized carbons (Fsp3) is 0.300. The number of sulfone groups is 1. The summed E-state index contributed by atoms with van der Waals surface area (Å²) in [6.45, 7) is 0. The van der Waals surface area contributed by atoms with E-state index in [1.165, 1.54) is 23.9 Å². The van der Waals surface area contributed by atoms with Crippen molar-refractivity contribution in [3.05, 3.63) is 62.9 Å². The van der Waals surface area contributed by atoms with Gasteiger partial charge in [-0.15, -0.1) is 11.8 Å². The van der Waals surface area contributed by atoms with Crippen LogP contribution in [0, 0.1) is 0 Å². The molecule has 146 valence electrons. The minimum atomic E-state index is -3.34. The molecular weight excluding hydrogens is 420 g/mol. The molecule has 0 amide bonds. The summed E-state index contributed by atoms with van der Waals surface area (Å²) in [5, 5.41) is 0.143. The van der Waals surface area contributed by atoms with Crippen LogP contribution in [0.3, 0.4) is 0 Å². The first kappa shape index (κ1) is 19.5. The maximum Gasteiger partial charge on any atom is 0.198 e. The Balaban J connectivity index is 1.71. The normalized spacial score (nSPS) is 18.4. The Morgan fingerprint density at radius 1 is 1.18 bits per heavy atom. The summed E-state index contributed by atoms with van der Waals surface area (Å²) in [5.74, 6) is 0.669. The van der Waals surface area contributed by atoms with Crippen LogP contribution in [0.4, 0.5) is 0 Å². The molecule has 2 heterocycles. The van der Waals surface area contributed by atoms with Gasteiger partial charge < -0.3 is 4.42 Å². The SMILES string of the molecule is O=C1CCCC(SCc2ccco2)=C1C(=O)c1ccc2c(c1Cl)CCS2(=O)=O. The maximum absolute atomic E-state index is 13.2. The molecule has 0 N–H and O–H groups in total. The minimum Gasteiger partial charge on any atom is -0.468 e. The Kier molecular flexibility index (Phi) is 5.24. The van der Waals surface area contributed by atoms with Gasteiger partial charge in [0.15, 0.2) is 21.4 Å². The van der Waals surface area contributed by atoms with E-state index in [1.807, 2.05) is 6.07 Å². The lowest BCUT2D eigenvalue weighted by atomic mass is 9.91. The molecule has 0 radical (unpaired) electrons. The first-order valence-corrected chi connectivity index (χ1v) is 11.9. The van der Waals surface area contributed by atoms with E-state index in [0.29, 0.717) is 30.6 Å². The number of Topliss-reactive ketones (excluding diaryl/α,β-unsaturated/α-hetero) is 2. The van der Waals surface area contributed by atoms with E-state index >= 15 is 0 Å². The topological polar surface area (TPSA) is 81.4 Å². The molecule has 8 heteroatoms. The van der Waals surface area contributed by atoms with Gasteiger partial charge in [0, 0.05) is 16.9 Å². The van der Waals surface area contributed by atoms with Crippen molar-refractivity contribution < 1.29 is 22.4 Å². The van der Waals surface area contributed by atoms with Crippen molar-refractivity contribution in [1.29, 1.82) is 0 Å². The van der Waals surface area contributed by atoms with Gasteiger partial charge in [-0.2, -0.15) is 0 Å². The van der Waals surface area contributed by atoms with Crippen LogP contribution in [0.25, 0.3) is 0 Å². The van der Waals surface area contributed by atoms with Crippen molar-refractivity contribution in [2.45, 2.75) is 36.3 Å². The molecule has 0 saturated heterocycles. The number of carbonyl (C=O) groups is 2. The van der Waals surface area contributed by atoms with Gasteiger partial charge in [0.1, 0.15) is 5.76 Å². The molecular formula is C20H17ClO5S2. The van der Waals surface area contributed by atoms with Crippen LogP contribution in [-0.4, -0.2) is 25.7 Å². The number of furan rings is 1. The molecule has 28 heavy (non-hydrogen) atoms. The van der Waals surface area contributed by atoms with E-state index < -0.39 is 15.6 Å². The number of carbonyl (C=O) groups excluding carboxylic acids is 2. The molecule has 2 aliphatic rings. The van der Waals surface area contributed by atoms with Crippen LogP contribution in [0.2, 0.25) is 5.02 Å². The molecule has 1 aliphatic heterocycles. The fourth-order valence-corrected chi connectivity index (χ4v) is 6.62. The Morgan fingerprint density at radius 3 is 2.75 bits per heavy atom. The summed E-state index contributed by atoms with van der Waals surface area (Å²) in [6.07, 6.45) is 3.54. The Bertz CT molecular complexity index is 1100. The number of halogens is 1.